The first-order valence-corrected chi connectivity index (χ1v) is 7.64. The summed E-state index contributed by atoms with van der Waals surface area (Å²) in [6.45, 7) is 0. The van der Waals surface area contributed by atoms with Gasteiger partial charge in [-0.1, -0.05) is 34.8 Å². The Balaban J connectivity index is 3.22. The summed E-state index contributed by atoms with van der Waals surface area (Å²) in [7, 11) is 0. The largest absolute Gasteiger partial charge is 0.427 e. The van der Waals surface area contributed by atoms with Gasteiger partial charge >= 0.3 is 14.0 Å². The highest BCUT2D eigenvalue weighted by Crippen LogP contribution is 2.40. The van der Waals surface area contributed by atoms with E-state index >= 15 is 0 Å². The van der Waals surface area contributed by atoms with Crippen LogP contribution in [0, 0.1) is 0 Å². The lowest BCUT2D eigenvalue weighted by Gasteiger charge is -2.18. The Kier molecular flexibility index (Phi) is 6.59. The van der Waals surface area contributed by atoms with Gasteiger partial charge in [-0.3, -0.25) is 0 Å². The van der Waals surface area contributed by atoms with E-state index in [9.17, 15) is 0 Å². The third kappa shape index (κ3) is 7.52. The Hall–Kier alpha value is 1.29. The van der Waals surface area contributed by atoms with Crippen molar-refractivity contribution in [2.75, 3.05) is 0 Å². The molecule has 0 N–H and O–H groups in total. The number of hydrogen-bond donors (Lipinski definition) is 0. The lowest BCUT2D eigenvalue weighted by molar-refractivity contribution is 0.269. The van der Waals surface area contributed by atoms with Gasteiger partial charge in [-0.15, -0.1) is 0 Å². The Bertz CT molecular complexity index is 444. The smallest absolute Gasteiger partial charge is 0.341 e. The molecule has 114 valence electrons. The average Bonchev–Trinajstić information content (AvgIpc) is 2.09. The monoisotopic (exact) mass is 460 g/mol. The molecule has 0 amide bonds. The molecule has 13 heteroatoms. The maximum atomic E-state index is 5.68. The molecule has 0 saturated heterocycles. The average molecular weight is 464 g/mol. The van der Waals surface area contributed by atoms with Crippen molar-refractivity contribution in [3.63, 3.8) is 0 Å². The first-order valence-electron chi connectivity index (χ1n) is 4.24. The van der Waals surface area contributed by atoms with Crippen LogP contribution in [0.25, 0.3) is 0 Å². The van der Waals surface area contributed by atoms with Crippen molar-refractivity contribution in [3.8, 4) is 11.9 Å². The van der Waals surface area contributed by atoms with Crippen LogP contribution in [-0.2, 0) is 3.79 Å². The van der Waals surface area contributed by atoms with Crippen molar-refractivity contribution < 1.29 is 9.47 Å². The molecule has 0 aliphatic heterocycles. The van der Waals surface area contributed by atoms with Gasteiger partial charge in [0.1, 0.15) is 5.69 Å². The summed E-state index contributed by atoms with van der Waals surface area (Å²) in [6, 6.07) is 0.651. The normalized spacial score (nSPS) is 13.2. The zero-order valence-electron chi connectivity index (χ0n) is 8.69. The van der Waals surface area contributed by atoms with Crippen LogP contribution in [0.4, 0.5) is 0 Å². The number of rotatable bonds is 2. The van der Waals surface area contributed by atoms with Gasteiger partial charge in [0.15, 0.2) is 0 Å². The first-order chi connectivity index (χ1) is 8.76. The fourth-order valence-electron chi connectivity index (χ4n) is 0.869. The van der Waals surface area contributed by atoms with Crippen LogP contribution in [0.15, 0.2) is 6.07 Å². The Labute approximate surface area is 158 Å². The van der Waals surface area contributed by atoms with E-state index in [0.717, 1.165) is 6.07 Å². The van der Waals surface area contributed by atoms with Gasteiger partial charge in [0.05, 0.1) is 0 Å². The van der Waals surface area contributed by atoms with Crippen molar-refractivity contribution in [1.29, 1.82) is 0 Å². The molecule has 1 aromatic heterocycles. The van der Waals surface area contributed by atoms with Crippen molar-refractivity contribution in [2.45, 2.75) is 11.7 Å². The minimum absolute atomic E-state index is 0.147. The molecule has 0 unspecified atom stereocenters. The topological polar surface area (TPSA) is 44.2 Å². The lowest BCUT2D eigenvalue weighted by Crippen LogP contribution is -2.19. The van der Waals surface area contributed by atoms with Gasteiger partial charge in [-0.2, -0.15) is 9.97 Å². The maximum Gasteiger partial charge on any atom is 0.341 e. The van der Waals surface area contributed by atoms with E-state index in [2.05, 4.69) is 9.97 Å². The van der Waals surface area contributed by atoms with Gasteiger partial charge in [0, 0.05) is 6.07 Å². The Morgan fingerprint density at radius 1 is 0.750 bits per heavy atom. The predicted molar refractivity (Wildman–Crippen MR) is 83.1 cm³/mol. The molecule has 1 rings (SSSR count). The van der Waals surface area contributed by atoms with Crippen LogP contribution in [0.2, 0.25) is 0 Å². The van der Waals surface area contributed by atoms with Gasteiger partial charge < -0.3 is 9.47 Å². The third-order valence-electron chi connectivity index (χ3n) is 1.40. The van der Waals surface area contributed by atoms with E-state index in [1.54, 1.807) is 0 Å². The summed E-state index contributed by atoms with van der Waals surface area (Å²) in [5.74, 6) is -0.273. The van der Waals surface area contributed by atoms with Crippen LogP contribution < -0.4 is 9.47 Å². The second-order valence-corrected chi connectivity index (χ2v) is 9.60. The molecule has 1 aromatic rings. The second-order valence-electron chi connectivity index (χ2n) is 2.97. The highest BCUT2D eigenvalue weighted by Gasteiger charge is 2.31. The number of nitrogens with zero attached hydrogens (tertiary/aromatic N) is 2. The molecule has 0 aromatic carbocycles. The maximum absolute atomic E-state index is 5.68. The summed E-state index contributed by atoms with van der Waals surface area (Å²) in [4.78, 5) is 7.41. The molecule has 4 nitrogen and oxygen atoms in total. The van der Waals surface area contributed by atoms with E-state index in [4.69, 9.17) is 114 Å². The quantitative estimate of drug-likeness (QED) is 0.526. The Morgan fingerprint density at radius 2 is 1.25 bits per heavy atom. The SMILES string of the molecule is ClC(Cl)(Cl)Oc1cc(C(Cl)(Cl)Cl)nc(OC(Cl)(Cl)Cl)n1. The van der Waals surface area contributed by atoms with Crippen molar-refractivity contribution in [1.82, 2.24) is 9.97 Å². The highest BCUT2D eigenvalue weighted by atomic mass is 35.6. The van der Waals surface area contributed by atoms with Gasteiger partial charge in [0.2, 0.25) is 9.67 Å². The standard InChI is InChI=1S/C7HCl9N2O2/c8-5(9,10)2-1-3(19-6(11,12)13)18-4(17-2)20-7(14,15)16/h1H. The number of ether oxygens (including phenoxy) is 2. The molecule has 0 aliphatic rings. The molecule has 0 bridgehead atoms. The van der Waals surface area contributed by atoms with E-state index in [1.165, 1.54) is 0 Å². The summed E-state index contributed by atoms with van der Waals surface area (Å²) in [5, 5.41) is 0. The number of halogens is 9. The van der Waals surface area contributed by atoms with E-state index in [0.29, 0.717) is 0 Å². The molecule has 0 saturated carbocycles. The molecule has 0 spiro atoms. The molecular weight excluding hydrogens is 463 g/mol. The second kappa shape index (κ2) is 6.81. The van der Waals surface area contributed by atoms with Crippen LogP contribution in [0.3, 0.4) is 0 Å². The zero-order chi connectivity index (χ0) is 15.8. The van der Waals surface area contributed by atoms with Crippen molar-refractivity contribution in [2.24, 2.45) is 0 Å². The molecule has 0 atom stereocenters. The molecule has 1 heterocycles. The molecule has 0 radical (unpaired) electrons. The van der Waals surface area contributed by atoms with E-state index in [1.807, 2.05) is 0 Å². The highest BCUT2D eigenvalue weighted by molar-refractivity contribution is 6.67. The first kappa shape index (κ1) is 19.3. The fourth-order valence-corrected chi connectivity index (χ4v) is 1.60. The van der Waals surface area contributed by atoms with Crippen LogP contribution in [0.1, 0.15) is 5.69 Å². The summed E-state index contributed by atoms with van der Waals surface area (Å²) < 4.78 is 3.44. The predicted octanol–water partition coefficient (Wildman–Crippen LogP) is 5.72. The van der Waals surface area contributed by atoms with Gasteiger partial charge in [-0.25, -0.2) is 0 Å². The molecule has 0 fully saturated rings. The number of hydrogen-bond acceptors (Lipinski definition) is 4. The van der Waals surface area contributed by atoms with Crippen LogP contribution in [-0.4, -0.2) is 17.9 Å². The van der Waals surface area contributed by atoms with E-state index < -0.39 is 17.8 Å². The fraction of sp³-hybridized carbons (Fsp3) is 0.429. The third-order valence-corrected chi connectivity index (χ3v) is 2.44. The summed E-state index contributed by atoms with van der Waals surface area (Å²) in [6.07, 6.45) is 0. The van der Waals surface area contributed by atoms with Crippen LogP contribution in [0.5, 0.6) is 11.9 Å². The molecular formula is C7HCl9N2O2. The lowest BCUT2D eigenvalue weighted by atomic mass is 10.4. The summed E-state index contributed by atoms with van der Waals surface area (Å²) in [5.41, 5.74) is -0.147. The zero-order valence-corrected chi connectivity index (χ0v) is 15.5. The van der Waals surface area contributed by atoms with Gasteiger partial charge in [-0.05, 0) is 69.6 Å². The van der Waals surface area contributed by atoms with Crippen LogP contribution >= 0.6 is 104 Å². The number of aromatic nitrogens is 2. The van der Waals surface area contributed by atoms with Crippen molar-refractivity contribution >= 4 is 104 Å². The number of alkyl halides is 9. The minimum atomic E-state index is -2.15. The van der Waals surface area contributed by atoms with E-state index in [-0.39, 0.29) is 11.6 Å². The van der Waals surface area contributed by atoms with Gasteiger partial charge in [0.25, 0.3) is 0 Å². The minimum Gasteiger partial charge on any atom is -0.427 e. The Morgan fingerprint density at radius 3 is 1.65 bits per heavy atom. The summed E-state index contributed by atoms with van der Waals surface area (Å²) >= 11 is 49.7. The molecule has 0 aliphatic carbocycles. The molecule has 20 heavy (non-hydrogen) atoms. The van der Waals surface area contributed by atoms with Crippen molar-refractivity contribution in [3.05, 3.63) is 11.8 Å².